The van der Waals surface area contributed by atoms with Crippen molar-refractivity contribution < 1.29 is 27.1 Å². The summed E-state index contributed by atoms with van der Waals surface area (Å²) in [5.41, 5.74) is -0.866. The highest BCUT2D eigenvalue weighted by Crippen LogP contribution is 2.35. The third-order valence-corrected chi connectivity index (χ3v) is 6.07. The standard InChI is InChI=1S/C29H20F4N4O3/c1-40-26-11-9-20(37-27(38)7-4-12-34-37)16-25(26)36-24-14-18-6-3-2-5-17(18)13-21(24)28(39)35-19-8-10-23(30)22(15-19)29(31,32)33/h2-16,36H,1H3,(H,35,39). The van der Waals surface area contributed by atoms with Gasteiger partial charge in [0.25, 0.3) is 11.5 Å². The third-order valence-electron chi connectivity index (χ3n) is 6.07. The van der Waals surface area contributed by atoms with Crippen molar-refractivity contribution in [2.24, 2.45) is 0 Å². The molecule has 0 saturated heterocycles. The van der Waals surface area contributed by atoms with Crippen molar-refractivity contribution >= 4 is 33.7 Å². The number of nitrogens with zero attached hydrogens (tertiary/aromatic N) is 2. The summed E-state index contributed by atoms with van der Waals surface area (Å²) >= 11 is 0. The summed E-state index contributed by atoms with van der Waals surface area (Å²) in [7, 11) is 1.45. The summed E-state index contributed by atoms with van der Waals surface area (Å²) in [6, 6.07) is 20.5. The van der Waals surface area contributed by atoms with Crippen LogP contribution in [0.2, 0.25) is 0 Å². The van der Waals surface area contributed by atoms with Gasteiger partial charge in [-0.1, -0.05) is 24.3 Å². The molecule has 0 aliphatic rings. The fourth-order valence-corrected chi connectivity index (χ4v) is 4.17. The van der Waals surface area contributed by atoms with Gasteiger partial charge in [-0.2, -0.15) is 23.0 Å². The van der Waals surface area contributed by atoms with Gasteiger partial charge in [-0.25, -0.2) is 4.39 Å². The van der Waals surface area contributed by atoms with Crippen LogP contribution in [0.5, 0.6) is 5.75 Å². The third kappa shape index (κ3) is 5.35. The van der Waals surface area contributed by atoms with Gasteiger partial charge in [0.1, 0.15) is 11.6 Å². The molecule has 202 valence electrons. The Bertz CT molecular complexity index is 1800. The molecule has 0 aliphatic carbocycles. The molecule has 0 radical (unpaired) electrons. The molecule has 0 bridgehead atoms. The van der Waals surface area contributed by atoms with Crippen LogP contribution in [0.4, 0.5) is 34.6 Å². The van der Waals surface area contributed by atoms with E-state index in [0.29, 0.717) is 40.3 Å². The lowest BCUT2D eigenvalue weighted by Gasteiger charge is -2.17. The molecule has 0 unspecified atom stereocenters. The second-order valence-corrected chi connectivity index (χ2v) is 8.67. The Hall–Kier alpha value is -5.19. The number of carbonyl (C=O) groups excluding carboxylic acids is 1. The van der Waals surface area contributed by atoms with Crippen molar-refractivity contribution in [2.75, 3.05) is 17.7 Å². The first-order valence-electron chi connectivity index (χ1n) is 11.8. The van der Waals surface area contributed by atoms with E-state index in [2.05, 4.69) is 15.7 Å². The lowest BCUT2D eigenvalue weighted by atomic mass is 10.0. The molecule has 0 atom stereocenters. The number of aromatic nitrogens is 2. The minimum absolute atomic E-state index is 0.0963. The maximum absolute atomic E-state index is 13.8. The largest absolute Gasteiger partial charge is 0.495 e. The molecule has 5 aromatic rings. The average molecular weight is 548 g/mol. The smallest absolute Gasteiger partial charge is 0.419 e. The molecule has 40 heavy (non-hydrogen) atoms. The number of halogens is 4. The average Bonchev–Trinajstić information content (AvgIpc) is 2.93. The van der Waals surface area contributed by atoms with E-state index < -0.39 is 23.5 Å². The Kier molecular flexibility index (Phi) is 6.95. The number of amides is 1. The van der Waals surface area contributed by atoms with Crippen LogP contribution < -0.4 is 20.9 Å². The Morgan fingerprint density at radius 1 is 0.900 bits per heavy atom. The number of nitrogens with one attached hydrogen (secondary N) is 2. The maximum Gasteiger partial charge on any atom is 0.419 e. The number of methoxy groups -OCH3 is 1. The molecule has 4 aromatic carbocycles. The maximum atomic E-state index is 13.8. The molecule has 0 spiro atoms. The molecule has 5 rings (SSSR count). The molecule has 1 aromatic heterocycles. The molecule has 1 heterocycles. The fraction of sp³-hybridized carbons (Fsp3) is 0.0690. The van der Waals surface area contributed by atoms with Crippen LogP contribution in [0.25, 0.3) is 16.5 Å². The topological polar surface area (TPSA) is 85.2 Å². The minimum Gasteiger partial charge on any atom is -0.495 e. The highest BCUT2D eigenvalue weighted by Gasteiger charge is 2.34. The predicted octanol–water partition coefficient (Wildman–Crippen LogP) is 6.55. The highest BCUT2D eigenvalue weighted by molar-refractivity contribution is 6.11. The first-order valence-corrected chi connectivity index (χ1v) is 11.8. The first kappa shape index (κ1) is 26.4. The normalized spacial score (nSPS) is 11.3. The van der Waals surface area contributed by atoms with Crippen molar-refractivity contribution in [1.29, 1.82) is 0 Å². The van der Waals surface area contributed by atoms with E-state index in [1.807, 2.05) is 12.1 Å². The van der Waals surface area contributed by atoms with Gasteiger partial charge in [-0.3, -0.25) is 9.59 Å². The van der Waals surface area contributed by atoms with Crippen molar-refractivity contribution in [3.63, 3.8) is 0 Å². The number of hydrogen-bond acceptors (Lipinski definition) is 5. The number of ether oxygens (including phenoxy) is 1. The van der Waals surface area contributed by atoms with Gasteiger partial charge in [-0.05, 0) is 65.4 Å². The minimum atomic E-state index is -4.93. The van der Waals surface area contributed by atoms with Gasteiger partial charge in [0, 0.05) is 18.0 Å². The number of hydrogen-bond donors (Lipinski definition) is 2. The van der Waals surface area contributed by atoms with E-state index >= 15 is 0 Å². The van der Waals surface area contributed by atoms with Gasteiger partial charge in [-0.15, -0.1) is 0 Å². The molecule has 7 nitrogen and oxygen atoms in total. The van der Waals surface area contributed by atoms with Crippen molar-refractivity contribution in [3.05, 3.63) is 118 Å². The monoisotopic (exact) mass is 548 g/mol. The first-order chi connectivity index (χ1) is 19.1. The lowest BCUT2D eigenvalue weighted by Crippen LogP contribution is -2.19. The number of carbonyl (C=O) groups is 1. The second kappa shape index (κ2) is 10.5. The van der Waals surface area contributed by atoms with E-state index in [1.165, 1.54) is 30.1 Å². The van der Waals surface area contributed by atoms with Gasteiger partial charge < -0.3 is 15.4 Å². The Balaban J connectivity index is 1.57. The van der Waals surface area contributed by atoms with E-state index in [9.17, 15) is 27.2 Å². The predicted molar refractivity (Wildman–Crippen MR) is 143 cm³/mol. The zero-order chi connectivity index (χ0) is 28.4. The van der Waals surface area contributed by atoms with Gasteiger partial charge in [0.15, 0.2) is 0 Å². The summed E-state index contributed by atoms with van der Waals surface area (Å²) < 4.78 is 60.1. The summed E-state index contributed by atoms with van der Waals surface area (Å²) in [6.07, 6.45) is -3.47. The Labute approximate surface area is 224 Å². The Morgan fingerprint density at radius 2 is 1.65 bits per heavy atom. The molecular weight excluding hydrogens is 528 g/mol. The molecule has 2 N–H and O–H groups in total. The second-order valence-electron chi connectivity index (χ2n) is 8.67. The van der Waals surface area contributed by atoms with E-state index in [4.69, 9.17) is 4.74 Å². The summed E-state index contributed by atoms with van der Waals surface area (Å²) in [5.74, 6) is -1.79. The van der Waals surface area contributed by atoms with Gasteiger partial charge in [0.2, 0.25) is 0 Å². The number of fused-ring (bicyclic) bond motifs is 1. The van der Waals surface area contributed by atoms with Crippen molar-refractivity contribution in [1.82, 2.24) is 9.78 Å². The van der Waals surface area contributed by atoms with Crippen LogP contribution in [0.1, 0.15) is 15.9 Å². The zero-order valence-electron chi connectivity index (χ0n) is 20.8. The summed E-state index contributed by atoms with van der Waals surface area (Å²) in [6.45, 7) is 0. The summed E-state index contributed by atoms with van der Waals surface area (Å²) in [4.78, 5) is 25.7. The highest BCUT2D eigenvalue weighted by atomic mass is 19.4. The van der Waals surface area contributed by atoms with E-state index in [1.54, 1.807) is 42.5 Å². The summed E-state index contributed by atoms with van der Waals surface area (Å²) in [5, 5.41) is 11.1. The number of benzene rings is 4. The van der Waals surface area contributed by atoms with E-state index in [-0.39, 0.29) is 16.8 Å². The number of anilines is 3. The van der Waals surface area contributed by atoms with Crippen LogP contribution in [0, 0.1) is 5.82 Å². The van der Waals surface area contributed by atoms with E-state index in [0.717, 1.165) is 11.5 Å². The van der Waals surface area contributed by atoms with Gasteiger partial charge >= 0.3 is 6.18 Å². The molecule has 0 aliphatic heterocycles. The quantitative estimate of drug-likeness (QED) is 0.235. The van der Waals surface area contributed by atoms with Crippen molar-refractivity contribution in [2.45, 2.75) is 6.18 Å². The van der Waals surface area contributed by atoms with Crippen LogP contribution in [-0.2, 0) is 6.18 Å². The van der Waals surface area contributed by atoms with Crippen LogP contribution in [0.3, 0.4) is 0 Å². The van der Waals surface area contributed by atoms with Crippen LogP contribution >= 0.6 is 0 Å². The molecular formula is C29H20F4N4O3. The molecule has 0 fully saturated rings. The number of rotatable bonds is 6. The van der Waals surface area contributed by atoms with Gasteiger partial charge in [0.05, 0.1) is 35.3 Å². The Morgan fingerprint density at radius 3 is 2.35 bits per heavy atom. The lowest BCUT2D eigenvalue weighted by molar-refractivity contribution is -0.139. The number of alkyl halides is 3. The fourth-order valence-electron chi connectivity index (χ4n) is 4.17. The van der Waals surface area contributed by atoms with Crippen LogP contribution in [0.15, 0.2) is 95.9 Å². The zero-order valence-corrected chi connectivity index (χ0v) is 20.8. The SMILES string of the molecule is COc1ccc(-n2ncccc2=O)cc1Nc1cc2ccccc2cc1C(=O)Nc1ccc(F)c(C(F)(F)F)c1. The van der Waals surface area contributed by atoms with Crippen LogP contribution in [-0.4, -0.2) is 22.8 Å². The van der Waals surface area contributed by atoms with Crippen molar-refractivity contribution in [3.8, 4) is 11.4 Å². The molecule has 11 heteroatoms. The molecule has 1 amide bonds. The molecule has 0 saturated carbocycles.